The minimum atomic E-state index is 0.390. The Morgan fingerprint density at radius 3 is 2.42 bits per heavy atom. The molecule has 2 atom stereocenters. The first-order valence-corrected chi connectivity index (χ1v) is 6.87. The molecule has 0 saturated heterocycles. The molecule has 1 aliphatic heterocycles. The molecule has 0 N–H and O–H groups in total. The summed E-state index contributed by atoms with van der Waals surface area (Å²) >= 11 is 0. The fourth-order valence-electron chi connectivity index (χ4n) is 2.87. The first-order chi connectivity index (χ1) is 9.27. The second-order valence-corrected chi connectivity index (χ2v) is 5.15. The Hall–Kier alpha value is -2.02. The number of hydrogen-bond donors (Lipinski definition) is 0. The molecule has 0 spiro atoms. The van der Waals surface area contributed by atoms with Gasteiger partial charge in [-0.25, -0.2) is 0 Å². The van der Waals surface area contributed by atoms with Crippen molar-refractivity contribution in [1.82, 2.24) is 4.90 Å². The van der Waals surface area contributed by atoms with Crippen molar-refractivity contribution in [2.75, 3.05) is 0 Å². The van der Waals surface area contributed by atoms with Crippen LogP contribution in [0.5, 0.6) is 0 Å². The first kappa shape index (κ1) is 12.0. The molecule has 1 heterocycles. The molecule has 0 aromatic heterocycles. The summed E-state index contributed by atoms with van der Waals surface area (Å²) in [6.45, 7) is 4.55. The van der Waals surface area contributed by atoms with Crippen LogP contribution in [-0.2, 0) is 0 Å². The molecule has 3 rings (SSSR count). The second-order valence-electron chi connectivity index (χ2n) is 5.15. The highest BCUT2D eigenvalue weighted by Crippen LogP contribution is 2.35. The molecular formula is C18H19N. The molecule has 1 nitrogen and oxygen atoms in total. The third kappa shape index (κ3) is 2.17. The van der Waals surface area contributed by atoms with E-state index in [1.807, 2.05) is 0 Å². The van der Waals surface area contributed by atoms with Crippen LogP contribution >= 0.6 is 0 Å². The Kier molecular flexibility index (Phi) is 3.12. The van der Waals surface area contributed by atoms with Crippen LogP contribution in [0.3, 0.4) is 0 Å². The van der Waals surface area contributed by atoms with Crippen LogP contribution in [0.4, 0.5) is 0 Å². The normalized spacial score (nSPS) is 19.1. The van der Waals surface area contributed by atoms with Crippen molar-refractivity contribution in [3.63, 3.8) is 0 Å². The Balaban J connectivity index is 1.92. The zero-order valence-corrected chi connectivity index (χ0v) is 11.5. The minimum absolute atomic E-state index is 0.390. The van der Waals surface area contributed by atoms with Crippen LogP contribution in [-0.4, -0.2) is 4.90 Å². The molecule has 2 aromatic rings. The van der Waals surface area contributed by atoms with Gasteiger partial charge in [0, 0.05) is 6.20 Å². The van der Waals surface area contributed by atoms with Crippen molar-refractivity contribution in [1.29, 1.82) is 0 Å². The maximum atomic E-state index is 2.43. The van der Waals surface area contributed by atoms with E-state index in [4.69, 9.17) is 0 Å². The summed E-state index contributed by atoms with van der Waals surface area (Å²) in [6, 6.07) is 20.1. The van der Waals surface area contributed by atoms with E-state index in [-0.39, 0.29) is 0 Å². The molecule has 0 unspecified atom stereocenters. The van der Waals surface area contributed by atoms with Crippen LogP contribution < -0.4 is 0 Å². The van der Waals surface area contributed by atoms with Gasteiger partial charge in [-0.2, -0.15) is 0 Å². The van der Waals surface area contributed by atoms with Gasteiger partial charge in [0.2, 0.25) is 0 Å². The average molecular weight is 249 g/mol. The SMILES string of the molecule is C[C@H](c1ccccc1)N1C=Cc2ccccc2[C@@H]1C. The van der Waals surface area contributed by atoms with E-state index in [1.54, 1.807) is 0 Å². The van der Waals surface area contributed by atoms with E-state index >= 15 is 0 Å². The van der Waals surface area contributed by atoms with Gasteiger partial charge in [0.05, 0.1) is 12.1 Å². The van der Waals surface area contributed by atoms with Crippen molar-refractivity contribution in [2.24, 2.45) is 0 Å². The maximum absolute atomic E-state index is 2.43. The molecular weight excluding hydrogens is 230 g/mol. The topological polar surface area (TPSA) is 3.24 Å². The molecule has 0 radical (unpaired) electrons. The number of rotatable bonds is 2. The van der Waals surface area contributed by atoms with Gasteiger partial charge in [-0.15, -0.1) is 0 Å². The number of nitrogens with zero attached hydrogens (tertiary/aromatic N) is 1. The van der Waals surface area contributed by atoms with Gasteiger partial charge >= 0.3 is 0 Å². The van der Waals surface area contributed by atoms with Crippen LogP contribution in [0, 0.1) is 0 Å². The largest absolute Gasteiger partial charge is 0.364 e. The van der Waals surface area contributed by atoms with Crippen LogP contribution in [0.25, 0.3) is 6.08 Å². The lowest BCUT2D eigenvalue weighted by Gasteiger charge is -2.37. The summed E-state index contributed by atoms with van der Waals surface area (Å²) in [4.78, 5) is 2.43. The van der Waals surface area contributed by atoms with Crippen molar-refractivity contribution in [3.05, 3.63) is 77.5 Å². The summed E-state index contributed by atoms with van der Waals surface area (Å²) in [5.74, 6) is 0. The lowest BCUT2D eigenvalue weighted by molar-refractivity contribution is 0.231. The van der Waals surface area contributed by atoms with Gasteiger partial charge in [0.25, 0.3) is 0 Å². The molecule has 0 aliphatic carbocycles. The number of fused-ring (bicyclic) bond motifs is 1. The third-order valence-electron chi connectivity index (χ3n) is 4.05. The highest BCUT2D eigenvalue weighted by molar-refractivity contribution is 5.57. The van der Waals surface area contributed by atoms with Crippen LogP contribution in [0.1, 0.15) is 42.6 Å². The number of hydrogen-bond acceptors (Lipinski definition) is 1. The highest BCUT2D eigenvalue weighted by atomic mass is 15.2. The lowest BCUT2D eigenvalue weighted by Crippen LogP contribution is -2.27. The van der Waals surface area contributed by atoms with E-state index in [2.05, 4.69) is 85.6 Å². The second kappa shape index (κ2) is 4.93. The van der Waals surface area contributed by atoms with Crippen molar-refractivity contribution >= 4 is 6.08 Å². The molecule has 2 aromatic carbocycles. The number of benzene rings is 2. The quantitative estimate of drug-likeness (QED) is 0.739. The zero-order chi connectivity index (χ0) is 13.2. The standard InChI is InChI=1S/C18H19N/c1-14(16-8-4-3-5-9-16)19-13-12-17-10-6-7-11-18(17)15(19)2/h3-15H,1-2H3/t14-,15+/m1/s1. The molecule has 1 aliphatic rings. The van der Waals surface area contributed by atoms with Crippen molar-refractivity contribution < 1.29 is 0 Å². The van der Waals surface area contributed by atoms with E-state index in [0.29, 0.717) is 12.1 Å². The Bertz CT molecular complexity index is 586. The third-order valence-corrected chi connectivity index (χ3v) is 4.05. The van der Waals surface area contributed by atoms with Gasteiger partial charge < -0.3 is 4.90 Å². The highest BCUT2D eigenvalue weighted by Gasteiger charge is 2.23. The van der Waals surface area contributed by atoms with Gasteiger partial charge in [-0.05, 0) is 36.6 Å². The van der Waals surface area contributed by atoms with Crippen LogP contribution in [0.15, 0.2) is 60.8 Å². The summed E-state index contributed by atoms with van der Waals surface area (Å²) in [7, 11) is 0. The molecule has 0 bridgehead atoms. The van der Waals surface area contributed by atoms with E-state index < -0.39 is 0 Å². The van der Waals surface area contributed by atoms with Gasteiger partial charge in [0.1, 0.15) is 0 Å². The average Bonchev–Trinajstić information content (AvgIpc) is 2.48. The predicted molar refractivity (Wildman–Crippen MR) is 80.6 cm³/mol. The van der Waals surface area contributed by atoms with Gasteiger partial charge in [-0.3, -0.25) is 0 Å². The smallest absolute Gasteiger partial charge is 0.0520 e. The Labute approximate surface area is 115 Å². The fourth-order valence-corrected chi connectivity index (χ4v) is 2.87. The summed E-state index contributed by atoms with van der Waals surface area (Å²) in [6.07, 6.45) is 4.44. The molecule has 1 heteroatoms. The Morgan fingerprint density at radius 1 is 0.947 bits per heavy atom. The molecule has 19 heavy (non-hydrogen) atoms. The van der Waals surface area contributed by atoms with Gasteiger partial charge in [-0.1, -0.05) is 54.6 Å². The molecule has 0 fully saturated rings. The molecule has 96 valence electrons. The van der Waals surface area contributed by atoms with E-state index in [1.165, 1.54) is 16.7 Å². The summed E-state index contributed by atoms with van der Waals surface area (Å²) < 4.78 is 0. The molecule has 0 amide bonds. The minimum Gasteiger partial charge on any atom is -0.364 e. The Morgan fingerprint density at radius 2 is 1.63 bits per heavy atom. The monoisotopic (exact) mass is 249 g/mol. The van der Waals surface area contributed by atoms with Crippen molar-refractivity contribution in [3.8, 4) is 0 Å². The lowest BCUT2D eigenvalue weighted by atomic mass is 9.95. The van der Waals surface area contributed by atoms with E-state index in [0.717, 1.165) is 0 Å². The van der Waals surface area contributed by atoms with Crippen LogP contribution in [0.2, 0.25) is 0 Å². The van der Waals surface area contributed by atoms with Crippen molar-refractivity contribution in [2.45, 2.75) is 25.9 Å². The maximum Gasteiger partial charge on any atom is 0.0520 e. The fraction of sp³-hybridized carbons (Fsp3) is 0.222. The predicted octanol–water partition coefficient (Wildman–Crippen LogP) is 4.80. The summed E-state index contributed by atoms with van der Waals surface area (Å²) in [5, 5.41) is 0. The van der Waals surface area contributed by atoms with Gasteiger partial charge in [0.15, 0.2) is 0 Å². The zero-order valence-electron chi connectivity index (χ0n) is 11.5. The summed E-state index contributed by atoms with van der Waals surface area (Å²) in [5.41, 5.74) is 4.11. The first-order valence-electron chi connectivity index (χ1n) is 6.87. The van der Waals surface area contributed by atoms with E-state index in [9.17, 15) is 0 Å². The molecule has 0 saturated carbocycles.